The maximum Gasteiger partial charge on any atom is 0.338 e. The normalized spacial score (nSPS) is 11.1. The molecule has 0 radical (unpaired) electrons. The Balaban J connectivity index is 2.94. The number of amides is 2. The minimum Gasteiger partial charge on any atom is -0.452 e. The van der Waals surface area contributed by atoms with E-state index in [4.69, 9.17) is 16.3 Å². The van der Waals surface area contributed by atoms with Gasteiger partial charge in [0.1, 0.15) is 4.90 Å². The van der Waals surface area contributed by atoms with Crippen molar-refractivity contribution in [3.05, 3.63) is 28.8 Å². The first kappa shape index (κ1) is 21.9. The van der Waals surface area contributed by atoms with E-state index in [0.717, 1.165) is 6.07 Å². The number of hydrogen-bond acceptors (Lipinski definition) is 6. The Labute approximate surface area is 156 Å². The third kappa shape index (κ3) is 5.68. The number of sulfonamides is 1. The van der Waals surface area contributed by atoms with Crippen LogP contribution in [-0.2, 0) is 24.3 Å². The molecule has 26 heavy (non-hydrogen) atoms. The number of halogens is 1. The largest absolute Gasteiger partial charge is 0.452 e. The van der Waals surface area contributed by atoms with Crippen molar-refractivity contribution in [3.8, 4) is 0 Å². The molecular weight excluding hydrogens is 386 g/mol. The van der Waals surface area contributed by atoms with Crippen LogP contribution in [0.25, 0.3) is 0 Å². The van der Waals surface area contributed by atoms with E-state index in [-0.39, 0.29) is 28.6 Å². The molecule has 0 unspecified atom stereocenters. The van der Waals surface area contributed by atoms with Crippen LogP contribution in [0.5, 0.6) is 0 Å². The van der Waals surface area contributed by atoms with Gasteiger partial charge in [-0.2, -0.15) is 4.31 Å². The molecule has 0 spiro atoms. The first-order chi connectivity index (χ1) is 12.1. The first-order valence-corrected chi connectivity index (χ1v) is 9.47. The lowest BCUT2D eigenvalue weighted by Crippen LogP contribution is -2.42. The SMILES string of the molecule is CCN(CC)S(=O)(=O)c1cc(C(=O)OCC(=O)NNC(C)=O)ccc1Cl. The van der Waals surface area contributed by atoms with Crippen LogP contribution in [0.2, 0.25) is 5.02 Å². The van der Waals surface area contributed by atoms with Gasteiger partial charge in [0.15, 0.2) is 6.61 Å². The lowest BCUT2D eigenvalue weighted by Gasteiger charge is -2.19. The molecule has 1 aromatic rings. The van der Waals surface area contributed by atoms with Crippen LogP contribution in [0.3, 0.4) is 0 Å². The number of rotatable bonds is 7. The Bertz CT molecular complexity index is 793. The van der Waals surface area contributed by atoms with Gasteiger partial charge in [-0.1, -0.05) is 25.4 Å². The highest BCUT2D eigenvalue weighted by Crippen LogP contribution is 2.26. The summed E-state index contributed by atoms with van der Waals surface area (Å²) >= 11 is 5.98. The van der Waals surface area contributed by atoms with Crippen molar-refractivity contribution in [3.63, 3.8) is 0 Å². The Kier molecular flexibility index (Phi) is 8.00. The van der Waals surface area contributed by atoms with Gasteiger partial charge in [-0.25, -0.2) is 13.2 Å². The zero-order chi connectivity index (χ0) is 19.9. The van der Waals surface area contributed by atoms with Crippen molar-refractivity contribution in [1.29, 1.82) is 0 Å². The average molecular weight is 406 g/mol. The standard InChI is InChI=1S/C15H20ClN3O6S/c1-4-19(5-2)26(23,24)13-8-11(6-7-12(13)16)15(22)25-9-14(21)18-17-10(3)20/h6-8H,4-5,9H2,1-3H3,(H,17,20)(H,18,21). The van der Waals surface area contributed by atoms with Crippen LogP contribution >= 0.6 is 11.6 Å². The quantitative estimate of drug-likeness (QED) is 0.508. The van der Waals surface area contributed by atoms with Gasteiger partial charge in [0.2, 0.25) is 15.9 Å². The number of benzene rings is 1. The third-order valence-corrected chi connectivity index (χ3v) is 5.73. The van der Waals surface area contributed by atoms with E-state index in [0.29, 0.717) is 0 Å². The second-order valence-corrected chi connectivity index (χ2v) is 7.35. The van der Waals surface area contributed by atoms with E-state index >= 15 is 0 Å². The van der Waals surface area contributed by atoms with Crippen molar-refractivity contribution in [2.75, 3.05) is 19.7 Å². The van der Waals surface area contributed by atoms with Crippen molar-refractivity contribution in [2.45, 2.75) is 25.7 Å². The van der Waals surface area contributed by atoms with Gasteiger partial charge in [-0.3, -0.25) is 20.4 Å². The maximum absolute atomic E-state index is 12.6. The summed E-state index contributed by atoms with van der Waals surface area (Å²) in [5, 5.41) is -0.0307. The number of ether oxygens (including phenoxy) is 1. The molecule has 1 rings (SSSR count). The molecule has 0 heterocycles. The van der Waals surface area contributed by atoms with Crippen LogP contribution in [0.15, 0.2) is 23.1 Å². The predicted molar refractivity (Wildman–Crippen MR) is 93.8 cm³/mol. The molecule has 0 atom stereocenters. The maximum atomic E-state index is 12.6. The average Bonchev–Trinajstić information content (AvgIpc) is 2.58. The van der Waals surface area contributed by atoms with E-state index in [1.54, 1.807) is 13.8 Å². The number of carbonyl (C=O) groups excluding carboxylic acids is 3. The number of esters is 1. The fraction of sp³-hybridized carbons (Fsp3) is 0.400. The monoisotopic (exact) mass is 405 g/mol. The van der Waals surface area contributed by atoms with E-state index in [9.17, 15) is 22.8 Å². The zero-order valence-electron chi connectivity index (χ0n) is 14.5. The number of nitrogens with one attached hydrogen (secondary N) is 2. The number of hydrogen-bond donors (Lipinski definition) is 2. The summed E-state index contributed by atoms with van der Waals surface area (Å²) in [6.45, 7) is 4.39. The molecule has 2 amide bonds. The molecule has 0 aliphatic rings. The highest BCUT2D eigenvalue weighted by molar-refractivity contribution is 7.89. The summed E-state index contributed by atoms with van der Waals surface area (Å²) in [5.41, 5.74) is 3.99. The zero-order valence-corrected chi connectivity index (χ0v) is 16.1. The number of nitrogens with zero attached hydrogens (tertiary/aromatic N) is 1. The molecule has 0 saturated carbocycles. The van der Waals surface area contributed by atoms with Gasteiger partial charge in [-0.05, 0) is 18.2 Å². The molecule has 0 aliphatic heterocycles. The summed E-state index contributed by atoms with van der Waals surface area (Å²) in [7, 11) is -3.87. The molecule has 144 valence electrons. The van der Waals surface area contributed by atoms with Gasteiger partial charge in [0.25, 0.3) is 5.91 Å². The third-order valence-electron chi connectivity index (χ3n) is 3.20. The fourth-order valence-electron chi connectivity index (χ4n) is 1.94. The van der Waals surface area contributed by atoms with Crippen molar-refractivity contribution >= 4 is 39.4 Å². The summed E-state index contributed by atoms with van der Waals surface area (Å²) in [5.74, 6) is -2.15. The number of hydrazine groups is 1. The lowest BCUT2D eigenvalue weighted by atomic mass is 10.2. The topological polar surface area (TPSA) is 122 Å². The molecule has 0 bridgehead atoms. The van der Waals surface area contributed by atoms with Gasteiger partial charge in [0, 0.05) is 20.0 Å². The molecule has 2 N–H and O–H groups in total. The summed E-state index contributed by atoms with van der Waals surface area (Å²) in [4.78, 5) is 33.9. The van der Waals surface area contributed by atoms with Crippen LogP contribution < -0.4 is 10.9 Å². The highest BCUT2D eigenvalue weighted by atomic mass is 35.5. The minimum atomic E-state index is -3.87. The fourth-order valence-corrected chi connectivity index (χ4v) is 3.90. The molecule has 9 nitrogen and oxygen atoms in total. The molecular formula is C15H20ClN3O6S. The summed E-state index contributed by atoms with van der Waals surface area (Å²) in [6, 6.07) is 3.66. The molecule has 0 saturated heterocycles. The van der Waals surface area contributed by atoms with Crippen molar-refractivity contribution in [2.24, 2.45) is 0 Å². The van der Waals surface area contributed by atoms with Crippen molar-refractivity contribution < 1.29 is 27.5 Å². The van der Waals surface area contributed by atoms with E-state index < -0.39 is 34.4 Å². The van der Waals surface area contributed by atoms with Gasteiger partial charge >= 0.3 is 5.97 Å². The van der Waals surface area contributed by atoms with E-state index in [1.165, 1.54) is 23.4 Å². The predicted octanol–water partition coefficient (Wildman–Crippen LogP) is 0.695. The summed E-state index contributed by atoms with van der Waals surface area (Å²) in [6.07, 6.45) is 0. The van der Waals surface area contributed by atoms with E-state index in [1.807, 2.05) is 10.9 Å². The highest BCUT2D eigenvalue weighted by Gasteiger charge is 2.26. The second kappa shape index (κ2) is 9.51. The molecule has 0 aromatic heterocycles. The first-order valence-electron chi connectivity index (χ1n) is 7.65. The Morgan fingerprint density at radius 3 is 2.31 bits per heavy atom. The Morgan fingerprint density at radius 2 is 1.77 bits per heavy atom. The van der Waals surface area contributed by atoms with Crippen molar-refractivity contribution in [1.82, 2.24) is 15.2 Å². The van der Waals surface area contributed by atoms with Gasteiger partial charge in [-0.15, -0.1) is 0 Å². The second-order valence-electron chi connectivity index (χ2n) is 5.04. The molecule has 1 aromatic carbocycles. The van der Waals surface area contributed by atoms with Gasteiger partial charge < -0.3 is 4.74 Å². The summed E-state index contributed by atoms with van der Waals surface area (Å²) < 4.78 is 31.2. The number of carbonyl (C=O) groups is 3. The van der Waals surface area contributed by atoms with Crippen LogP contribution in [0.4, 0.5) is 0 Å². The van der Waals surface area contributed by atoms with Crippen LogP contribution in [0, 0.1) is 0 Å². The Morgan fingerprint density at radius 1 is 1.15 bits per heavy atom. The smallest absolute Gasteiger partial charge is 0.338 e. The Hall–Kier alpha value is -2.17. The van der Waals surface area contributed by atoms with Crippen LogP contribution in [-0.4, -0.2) is 50.2 Å². The molecule has 0 fully saturated rings. The van der Waals surface area contributed by atoms with Gasteiger partial charge in [0.05, 0.1) is 10.6 Å². The lowest BCUT2D eigenvalue weighted by molar-refractivity contribution is -0.129. The molecule has 11 heteroatoms. The van der Waals surface area contributed by atoms with E-state index in [2.05, 4.69) is 0 Å². The molecule has 0 aliphatic carbocycles. The minimum absolute atomic E-state index is 0.0307. The van der Waals surface area contributed by atoms with Crippen LogP contribution in [0.1, 0.15) is 31.1 Å².